The number of fused-ring (bicyclic) bond motifs is 1. The van der Waals surface area contributed by atoms with E-state index in [0.717, 1.165) is 28.0 Å². The quantitative estimate of drug-likeness (QED) is 0.817. The maximum Gasteiger partial charge on any atom is 0.253 e. The fraction of sp³-hybridized carbons (Fsp3) is 0.467. The highest BCUT2D eigenvalue weighted by Gasteiger charge is 2.21. The van der Waals surface area contributed by atoms with Crippen LogP contribution in [0.1, 0.15) is 34.1 Å². The van der Waals surface area contributed by atoms with Gasteiger partial charge in [-0.15, -0.1) is 0 Å². The first-order valence-electron chi connectivity index (χ1n) is 6.71. The number of halogens is 1. The number of rotatable bonds is 2. The Morgan fingerprint density at radius 1 is 1.40 bits per heavy atom. The number of aryl methyl sites for hydroxylation is 1. The van der Waals surface area contributed by atoms with Crippen molar-refractivity contribution in [3.8, 4) is 0 Å². The van der Waals surface area contributed by atoms with Crippen LogP contribution in [0, 0.1) is 5.41 Å². The number of carbonyl (C=O) groups excluding carboxylic acids is 1. The van der Waals surface area contributed by atoms with E-state index in [9.17, 15) is 4.79 Å². The molecular weight excluding hydrogens is 292 g/mol. The molecular formula is C15H19ClN2OS. The maximum absolute atomic E-state index is 12.1. The molecule has 20 heavy (non-hydrogen) atoms. The molecule has 0 radical (unpaired) electrons. The van der Waals surface area contributed by atoms with E-state index < -0.39 is 5.41 Å². The summed E-state index contributed by atoms with van der Waals surface area (Å²) in [6, 6.07) is 5.81. The van der Waals surface area contributed by atoms with Crippen LogP contribution in [0.15, 0.2) is 23.2 Å². The molecule has 0 saturated heterocycles. The number of hydrogen-bond donors (Lipinski definition) is 0. The molecule has 0 atom stereocenters. The van der Waals surface area contributed by atoms with Crippen LogP contribution in [-0.4, -0.2) is 10.5 Å². The fourth-order valence-electron chi connectivity index (χ4n) is 1.86. The second kappa shape index (κ2) is 5.70. The zero-order valence-electron chi connectivity index (χ0n) is 12.2. The second-order valence-corrected chi connectivity index (χ2v) is 7.21. The highest BCUT2D eigenvalue weighted by molar-refractivity contribution is 7.16. The van der Waals surface area contributed by atoms with Crippen molar-refractivity contribution < 1.29 is 4.79 Å². The molecule has 5 heteroatoms. The number of nitrogens with zero attached hydrogens (tertiary/aromatic N) is 2. The van der Waals surface area contributed by atoms with Crippen LogP contribution in [-0.2, 0) is 11.3 Å². The molecule has 2 rings (SSSR count). The molecule has 0 spiro atoms. The Labute approximate surface area is 127 Å². The summed E-state index contributed by atoms with van der Waals surface area (Å²) >= 11 is 7.81. The van der Waals surface area contributed by atoms with Gasteiger partial charge in [-0.25, -0.2) is 0 Å². The number of thiazole rings is 1. The van der Waals surface area contributed by atoms with Gasteiger partial charge < -0.3 is 4.57 Å². The predicted octanol–water partition coefficient (Wildman–Crippen LogP) is 4.24. The van der Waals surface area contributed by atoms with Crippen LogP contribution in [0.4, 0.5) is 0 Å². The second-order valence-electron chi connectivity index (χ2n) is 5.79. The standard InChI is InChI=1S/C15H19ClN2OS/c1-5-9-18-12-10(16)7-6-8-11(12)20-14(18)17-13(19)15(2,3)4/h6-8H,5,9H2,1-4H3. The van der Waals surface area contributed by atoms with Gasteiger partial charge in [0.25, 0.3) is 5.91 Å². The van der Waals surface area contributed by atoms with Crippen molar-refractivity contribution in [2.75, 3.05) is 0 Å². The highest BCUT2D eigenvalue weighted by Crippen LogP contribution is 2.25. The van der Waals surface area contributed by atoms with E-state index >= 15 is 0 Å². The molecule has 0 saturated carbocycles. The molecule has 0 fully saturated rings. The Balaban J connectivity index is 2.70. The molecule has 1 aromatic carbocycles. The largest absolute Gasteiger partial charge is 0.315 e. The van der Waals surface area contributed by atoms with Crippen molar-refractivity contribution in [3.63, 3.8) is 0 Å². The van der Waals surface area contributed by atoms with Gasteiger partial charge in [0.2, 0.25) is 0 Å². The third-order valence-electron chi connectivity index (χ3n) is 2.94. The Kier molecular flexibility index (Phi) is 4.35. The zero-order chi connectivity index (χ0) is 14.9. The molecule has 0 aliphatic carbocycles. The van der Waals surface area contributed by atoms with Gasteiger partial charge in [0.15, 0.2) is 4.80 Å². The predicted molar refractivity (Wildman–Crippen MR) is 85.1 cm³/mol. The number of hydrogen-bond acceptors (Lipinski definition) is 2. The average molecular weight is 311 g/mol. The smallest absolute Gasteiger partial charge is 0.253 e. The highest BCUT2D eigenvalue weighted by atomic mass is 35.5. The van der Waals surface area contributed by atoms with Gasteiger partial charge in [-0.1, -0.05) is 56.7 Å². The number of carbonyl (C=O) groups is 1. The van der Waals surface area contributed by atoms with Gasteiger partial charge in [-0.05, 0) is 18.6 Å². The van der Waals surface area contributed by atoms with E-state index in [1.165, 1.54) is 11.3 Å². The van der Waals surface area contributed by atoms with Crippen molar-refractivity contribution in [1.82, 2.24) is 4.57 Å². The van der Waals surface area contributed by atoms with Gasteiger partial charge in [-0.3, -0.25) is 4.79 Å². The lowest BCUT2D eigenvalue weighted by Gasteiger charge is -2.12. The van der Waals surface area contributed by atoms with Crippen LogP contribution in [0.25, 0.3) is 10.2 Å². The van der Waals surface area contributed by atoms with E-state index in [4.69, 9.17) is 11.6 Å². The Morgan fingerprint density at radius 3 is 2.70 bits per heavy atom. The summed E-state index contributed by atoms with van der Waals surface area (Å²) in [5, 5.41) is 0.705. The first-order valence-corrected chi connectivity index (χ1v) is 7.91. The Hall–Kier alpha value is -1.13. The Morgan fingerprint density at radius 2 is 2.10 bits per heavy atom. The number of amides is 1. The van der Waals surface area contributed by atoms with E-state index in [2.05, 4.69) is 11.9 Å². The zero-order valence-corrected chi connectivity index (χ0v) is 13.8. The minimum absolute atomic E-state index is 0.106. The van der Waals surface area contributed by atoms with Crippen LogP contribution in [0.5, 0.6) is 0 Å². The van der Waals surface area contributed by atoms with Gasteiger partial charge in [0.1, 0.15) is 0 Å². The molecule has 108 valence electrons. The summed E-state index contributed by atoms with van der Waals surface area (Å²) in [6.45, 7) is 8.54. The van der Waals surface area contributed by atoms with Crippen LogP contribution >= 0.6 is 22.9 Å². The fourth-order valence-corrected chi connectivity index (χ4v) is 3.27. The number of aromatic nitrogens is 1. The van der Waals surface area contributed by atoms with Crippen molar-refractivity contribution in [2.24, 2.45) is 10.4 Å². The lowest BCUT2D eigenvalue weighted by Crippen LogP contribution is -2.23. The van der Waals surface area contributed by atoms with Crippen molar-refractivity contribution in [1.29, 1.82) is 0 Å². The lowest BCUT2D eigenvalue weighted by atomic mass is 9.96. The van der Waals surface area contributed by atoms with Crippen LogP contribution in [0.3, 0.4) is 0 Å². The minimum Gasteiger partial charge on any atom is -0.315 e. The molecule has 0 bridgehead atoms. The van der Waals surface area contributed by atoms with Gasteiger partial charge in [0, 0.05) is 12.0 Å². The molecule has 1 aromatic heterocycles. The summed E-state index contributed by atoms with van der Waals surface area (Å²) in [5.74, 6) is -0.106. The van der Waals surface area contributed by atoms with E-state index in [0.29, 0.717) is 5.02 Å². The Bertz CT molecular complexity index is 707. The topological polar surface area (TPSA) is 34.4 Å². The summed E-state index contributed by atoms with van der Waals surface area (Å²) in [7, 11) is 0. The first kappa shape index (κ1) is 15.3. The third kappa shape index (κ3) is 2.96. The van der Waals surface area contributed by atoms with Gasteiger partial charge in [-0.2, -0.15) is 4.99 Å². The van der Waals surface area contributed by atoms with Gasteiger partial charge in [0.05, 0.1) is 15.2 Å². The maximum atomic E-state index is 12.1. The van der Waals surface area contributed by atoms with E-state index in [-0.39, 0.29) is 5.91 Å². The average Bonchev–Trinajstić information content (AvgIpc) is 2.68. The van der Waals surface area contributed by atoms with Gasteiger partial charge >= 0.3 is 0 Å². The van der Waals surface area contributed by atoms with Crippen LogP contribution < -0.4 is 4.80 Å². The third-order valence-corrected chi connectivity index (χ3v) is 4.29. The van der Waals surface area contributed by atoms with Crippen molar-refractivity contribution in [3.05, 3.63) is 28.0 Å². The summed E-state index contributed by atoms with van der Waals surface area (Å²) in [6.07, 6.45) is 0.966. The SMILES string of the molecule is CCCn1c(=NC(=O)C(C)(C)C)sc2cccc(Cl)c21. The van der Waals surface area contributed by atoms with E-state index in [1.807, 2.05) is 43.5 Å². The molecule has 1 amide bonds. The molecule has 3 nitrogen and oxygen atoms in total. The molecule has 2 aromatic rings. The molecule has 1 heterocycles. The molecule has 0 unspecified atom stereocenters. The summed E-state index contributed by atoms with van der Waals surface area (Å²) in [5.41, 5.74) is 0.505. The lowest BCUT2D eigenvalue weighted by molar-refractivity contribution is -0.125. The minimum atomic E-state index is -0.468. The molecule has 0 N–H and O–H groups in total. The molecule has 0 aliphatic heterocycles. The first-order chi connectivity index (χ1) is 9.34. The summed E-state index contributed by atoms with van der Waals surface area (Å²) < 4.78 is 3.11. The van der Waals surface area contributed by atoms with Crippen molar-refractivity contribution in [2.45, 2.75) is 40.7 Å². The van der Waals surface area contributed by atoms with E-state index in [1.54, 1.807) is 0 Å². The van der Waals surface area contributed by atoms with Crippen molar-refractivity contribution >= 4 is 39.1 Å². The summed E-state index contributed by atoms with van der Waals surface area (Å²) in [4.78, 5) is 17.2. The normalized spacial score (nSPS) is 13.2. The number of para-hydroxylation sites is 1. The van der Waals surface area contributed by atoms with Crippen LogP contribution in [0.2, 0.25) is 5.02 Å². The number of benzene rings is 1. The monoisotopic (exact) mass is 310 g/mol. The molecule has 0 aliphatic rings.